The highest BCUT2D eigenvalue weighted by Crippen LogP contribution is 2.34. The molecule has 3 nitrogen and oxygen atoms in total. The van der Waals surface area contributed by atoms with Gasteiger partial charge in [-0.25, -0.2) is 4.98 Å². The largest absolute Gasteiger partial charge is 0.384 e. The van der Waals surface area contributed by atoms with Crippen LogP contribution in [0.1, 0.15) is 10.5 Å². The van der Waals surface area contributed by atoms with Gasteiger partial charge in [0, 0.05) is 11.1 Å². The molecule has 0 radical (unpaired) electrons. The van der Waals surface area contributed by atoms with E-state index in [-0.39, 0.29) is 11.5 Å². The van der Waals surface area contributed by atoms with Crippen LogP contribution in [0.2, 0.25) is 10.0 Å². The summed E-state index contributed by atoms with van der Waals surface area (Å²) in [6, 6.07) is 8.52. The van der Waals surface area contributed by atoms with Crippen LogP contribution in [0.4, 0.5) is 5.82 Å². The molecule has 0 amide bonds. The topological polar surface area (TPSA) is 56.0 Å². The standard InChI is InChI=1S/C12H8Cl2N2O/c13-9-3-1-2-8(12(9)14)7-4-5-11(15)16-10(7)6-17/h1-6H,(H2,15,16). The fraction of sp³-hybridized carbons (Fsp3) is 0. The molecular formula is C12H8Cl2N2O. The molecule has 0 bridgehead atoms. The predicted octanol–water partition coefficient (Wildman–Crippen LogP) is 3.45. The van der Waals surface area contributed by atoms with Crippen LogP contribution in [0, 0.1) is 0 Å². The Hall–Kier alpha value is -1.58. The van der Waals surface area contributed by atoms with E-state index in [4.69, 9.17) is 28.9 Å². The number of carbonyl (C=O) groups is 1. The summed E-state index contributed by atoms with van der Waals surface area (Å²) in [6.07, 6.45) is 0.642. The van der Waals surface area contributed by atoms with E-state index in [1.807, 2.05) is 0 Å². The number of nitrogen functional groups attached to an aromatic ring is 1. The van der Waals surface area contributed by atoms with Crippen molar-refractivity contribution in [2.45, 2.75) is 0 Å². The molecule has 0 aliphatic carbocycles. The van der Waals surface area contributed by atoms with Gasteiger partial charge in [-0.15, -0.1) is 0 Å². The highest BCUT2D eigenvalue weighted by Gasteiger charge is 2.11. The first-order chi connectivity index (χ1) is 8.13. The van der Waals surface area contributed by atoms with Crippen molar-refractivity contribution < 1.29 is 4.79 Å². The van der Waals surface area contributed by atoms with E-state index in [1.54, 1.807) is 30.3 Å². The number of aromatic nitrogens is 1. The Bertz CT molecular complexity index is 585. The van der Waals surface area contributed by atoms with Crippen LogP contribution in [0.3, 0.4) is 0 Å². The molecule has 0 saturated carbocycles. The molecule has 0 aliphatic rings. The van der Waals surface area contributed by atoms with E-state index in [2.05, 4.69) is 4.98 Å². The number of pyridine rings is 1. The Labute approximate surface area is 108 Å². The van der Waals surface area contributed by atoms with E-state index in [0.29, 0.717) is 27.5 Å². The third-order valence-corrected chi connectivity index (χ3v) is 3.12. The minimum atomic E-state index is 0.245. The number of hydrogen-bond donors (Lipinski definition) is 1. The molecule has 0 saturated heterocycles. The fourth-order valence-electron chi connectivity index (χ4n) is 1.52. The van der Waals surface area contributed by atoms with Crippen LogP contribution in [-0.4, -0.2) is 11.3 Å². The number of rotatable bonds is 2. The molecular weight excluding hydrogens is 259 g/mol. The van der Waals surface area contributed by atoms with Gasteiger partial charge in [-0.2, -0.15) is 0 Å². The molecule has 5 heteroatoms. The molecule has 2 rings (SSSR count). The number of carbonyl (C=O) groups excluding carboxylic acids is 1. The molecule has 1 aromatic heterocycles. The van der Waals surface area contributed by atoms with Crippen molar-refractivity contribution >= 4 is 35.3 Å². The van der Waals surface area contributed by atoms with Crippen LogP contribution in [0.25, 0.3) is 11.1 Å². The predicted molar refractivity (Wildman–Crippen MR) is 69.5 cm³/mol. The second-order valence-corrected chi connectivity index (χ2v) is 4.17. The van der Waals surface area contributed by atoms with Crippen LogP contribution < -0.4 is 5.73 Å². The first kappa shape index (κ1) is 11.9. The first-order valence-electron chi connectivity index (χ1n) is 4.79. The van der Waals surface area contributed by atoms with Gasteiger partial charge in [-0.05, 0) is 18.2 Å². The molecule has 1 aromatic carbocycles. The maximum atomic E-state index is 11.0. The van der Waals surface area contributed by atoms with Crippen LogP contribution in [0.15, 0.2) is 30.3 Å². The minimum Gasteiger partial charge on any atom is -0.384 e. The lowest BCUT2D eigenvalue weighted by molar-refractivity contribution is 0.112. The smallest absolute Gasteiger partial charge is 0.169 e. The molecule has 0 atom stereocenters. The van der Waals surface area contributed by atoms with E-state index < -0.39 is 0 Å². The van der Waals surface area contributed by atoms with Crippen LogP contribution in [-0.2, 0) is 0 Å². The number of anilines is 1. The van der Waals surface area contributed by atoms with Crippen LogP contribution in [0.5, 0.6) is 0 Å². The molecule has 2 aromatic rings. The van der Waals surface area contributed by atoms with Gasteiger partial charge in [-0.3, -0.25) is 4.79 Å². The number of benzene rings is 1. The van der Waals surface area contributed by atoms with Gasteiger partial charge in [0.25, 0.3) is 0 Å². The summed E-state index contributed by atoms with van der Waals surface area (Å²) in [5, 5.41) is 0.821. The Morgan fingerprint density at radius 3 is 2.59 bits per heavy atom. The molecule has 0 aliphatic heterocycles. The van der Waals surface area contributed by atoms with Crippen molar-refractivity contribution in [1.82, 2.24) is 4.98 Å². The zero-order valence-electron chi connectivity index (χ0n) is 8.65. The van der Waals surface area contributed by atoms with Crippen molar-refractivity contribution in [1.29, 1.82) is 0 Å². The number of hydrogen-bond acceptors (Lipinski definition) is 3. The van der Waals surface area contributed by atoms with Gasteiger partial charge in [0.05, 0.1) is 10.0 Å². The Morgan fingerprint density at radius 1 is 1.12 bits per heavy atom. The summed E-state index contributed by atoms with van der Waals surface area (Å²) in [6.45, 7) is 0. The summed E-state index contributed by atoms with van der Waals surface area (Å²) in [5.41, 5.74) is 7.04. The van der Waals surface area contributed by atoms with Gasteiger partial charge in [0.2, 0.25) is 0 Å². The lowest BCUT2D eigenvalue weighted by Crippen LogP contribution is -1.97. The Morgan fingerprint density at radius 2 is 1.88 bits per heavy atom. The molecule has 0 spiro atoms. The molecule has 1 heterocycles. The van der Waals surface area contributed by atoms with Crippen molar-refractivity contribution in [3.05, 3.63) is 46.1 Å². The summed E-state index contributed by atoms with van der Waals surface area (Å²) < 4.78 is 0. The average Bonchev–Trinajstić information content (AvgIpc) is 2.33. The summed E-state index contributed by atoms with van der Waals surface area (Å²) >= 11 is 12.0. The van der Waals surface area contributed by atoms with Crippen LogP contribution >= 0.6 is 23.2 Å². The summed E-state index contributed by atoms with van der Waals surface area (Å²) in [4.78, 5) is 14.9. The maximum Gasteiger partial charge on any atom is 0.169 e. The molecule has 2 N–H and O–H groups in total. The molecule has 86 valence electrons. The van der Waals surface area contributed by atoms with Gasteiger partial charge in [0.1, 0.15) is 11.5 Å². The van der Waals surface area contributed by atoms with Gasteiger partial charge in [-0.1, -0.05) is 35.3 Å². The monoisotopic (exact) mass is 266 g/mol. The quantitative estimate of drug-likeness (QED) is 0.848. The summed E-state index contributed by atoms with van der Waals surface area (Å²) in [5.74, 6) is 0.286. The zero-order chi connectivity index (χ0) is 12.4. The highest BCUT2D eigenvalue weighted by atomic mass is 35.5. The Balaban J connectivity index is 2.68. The lowest BCUT2D eigenvalue weighted by Gasteiger charge is -2.08. The van der Waals surface area contributed by atoms with E-state index in [0.717, 1.165) is 0 Å². The van der Waals surface area contributed by atoms with E-state index in [1.165, 1.54) is 0 Å². The number of nitrogens with zero attached hydrogens (tertiary/aromatic N) is 1. The van der Waals surface area contributed by atoms with Crippen molar-refractivity contribution in [2.24, 2.45) is 0 Å². The van der Waals surface area contributed by atoms with Gasteiger partial charge in [0.15, 0.2) is 6.29 Å². The highest BCUT2D eigenvalue weighted by molar-refractivity contribution is 6.43. The van der Waals surface area contributed by atoms with Gasteiger partial charge < -0.3 is 5.73 Å². The van der Waals surface area contributed by atoms with Gasteiger partial charge >= 0.3 is 0 Å². The maximum absolute atomic E-state index is 11.0. The Kier molecular flexibility index (Phi) is 3.31. The second kappa shape index (κ2) is 4.73. The first-order valence-corrected chi connectivity index (χ1v) is 5.55. The third-order valence-electron chi connectivity index (χ3n) is 2.30. The third kappa shape index (κ3) is 2.25. The molecule has 17 heavy (non-hydrogen) atoms. The van der Waals surface area contributed by atoms with Crippen molar-refractivity contribution in [3.8, 4) is 11.1 Å². The minimum absolute atomic E-state index is 0.245. The number of aldehydes is 1. The van der Waals surface area contributed by atoms with Crippen molar-refractivity contribution in [3.63, 3.8) is 0 Å². The number of halogens is 2. The summed E-state index contributed by atoms with van der Waals surface area (Å²) in [7, 11) is 0. The lowest BCUT2D eigenvalue weighted by atomic mass is 10.0. The van der Waals surface area contributed by atoms with E-state index in [9.17, 15) is 4.79 Å². The molecule has 0 unspecified atom stereocenters. The van der Waals surface area contributed by atoms with Crippen molar-refractivity contribution in [2.75, 3.05) is 5.73 Å². The normalized spacial score (nSPS) is 10.2. The number of nitrogens with two attached hydrogens (primary N) is 1. The zero-order valence-corrected chi connectivity index (χ0v) is 10.2. The average molecular weight is 267 g/mol. The fourth-order valence-corrected chi connectivity index (χ4v) is 1.92. The van der Waals surface area contributed by atoms with E-state index >= 15 is 0 Å². The second-order valence-electron chi connectivity index (χ2n) is 3.39. The molecule has 0 fully saturated rings. The SMILES string of the molecule is Nc1ccc(-c2cccc(Cl)c2Cl)c(C=O)n1.